The molecule has 1 N–H and O–H groups in total. The molecule has 0 aliphatic carbocycles. The van der Waals surface area contributed by atoms with E-state index in [-0.39, 0.29) is 64.0 Å². The molecule has 2 heterocycles. The number of hydrogen-bond acceptors (Lipinski definition) is 6. The van der Waals surface area contributed by atoms with Gasteiger partial charge in [-0.05, 0) is 53.7 Å². The highest BCUT2D eigenvalue weighted by Crippen LogP contribution is 2.28. The molecule has 0 unspecified atom stereocenters. The van der Waals surface area contributed by atoms with Gasteiger partial charge in [0.1, 0.15) is 0 Å². The number of ketones is 1. The highest BCUT2D eigenvalue weighted by Gasteiger charge is 2.26. The summed E-state index contributed by atoms with van der Waals surface area (Å²) in [6, 6.07) is 3.66. The quantitative estimate of drug-likeness (QED) is 0.509. The van der Waals surface area contributed by atoms with E-state index in [1.807, 2.05) is 18.4 Å². The largest absolute Gasteiger partial charge is 0.380 e. The predicted molar refractivity (Wildman–Crippen MR) is 128 cm³/mol. The van der Waals surface area contributed by atoms with Crippen molar-refractivity contribution in [2.24, 2.45) is 0 Å². The Morgan fingerprint density at radius 2 is 2.18 bits per heavy atom. The highest BCUT2D eigenvalue weighted by atomic mass is 79.9. The molecule has 10 heteroatoms. The van der Waals surface area contributed by atoms with Crippen LogP contribution in [0, 0.1) is 0 Å². The minimum atomic E-state index is -0.189. The minimum absolute atomic E-state index is 0. The average Bonchev–Trinajstić information content (AvgIpc) is 2.64. The molecular weight excluding hydrogens is 578 g/mol. The number of nitrogens with one attached hydrogen (secondary N) is 1. The number of rotatable bonds is 6. The van der Waals surface area contributed by atoms with Crippen molar-refractivity contribution in [3.8, 4) is 0 Å². The fourth-order valence-corrected chi connectivity index (χ4v) is 4.64. The molecule has 1 aliphatic heterocycles. The van der Waals surface area contributed by atoms with E-state index in [4.69, 9.17) is 4.74 Å². The summed E-state index contributed by atoms with van der Waals surface area (Å²) < 4.78 is 7.78. The van der Waals surface area contributed by atoms with Crippen molar-refractivity contribution in [2.45, 2.75) is 42.8 Å². The molecule has 1 aliphatic rings. The molecule has 1 fully saturated rings. The number of aromatic nitrogens is 2. The first-order valence-corrected chi connectivity index (χ1v) is 10.6. The van der Waals surface area contributed by atoms with Gasteiger partial charge in [0.25, 0.3) is 5.56 Å². The summed E-state index contributed by atoms with van der Waals surface area (Å²) in [6.07, 6.45) is 5.79. The molecule has 0 bridgehead atoms. The Labute approximate surface area is 197 Å². The summed E-state index contributed by atoms with van der Waals surface area (Å²) in [4.78, 5) is 30.6. The van der Waals surface area contributed by atoms with Crippen LogP contribution in [0.2, 0.25) is 0 Å². The van der Waals surface area contributed by atoms with Crippen molar-refractivity contribution in [3.05, 3.63) is 33.3 Å². The molecule has 1 aromatic heterocycles. The van der Waals surface area contributed by atoms with Gasteiger partial charge in [-0.15, -0.1) is 45.7 Å². The summed E-state index contributed by atoms with van der Waals surface area (Å²) >= 11 is 5.04. The van der Waals surface area contributed by atoms with Gasteiger partial charge in [0.15, 0.2) is 5.78 Å². The smallest absolute Gasteiger partial charge is 0.261 e. The van der Waals surface area contributed by atoms with Gasteiger partial charge in [0.2, 0.25) is 0 Å². The Kier molecular flexibility index (Phi) is 10.9. The first-order valence-electron chi connectivity index (χ1n) is 8.54. The van der Waals surface area contributed by atoms with Crippen molar-refractivity contribution < 1.29 is 9.53 Å². The average molecular weight is 602 g/mol. The van der Waals surface area contributed by atoms with Gasteiger partial charge in [-0.1, -0.05) is 0 Å². The lowest BCUT2D eigenvalue weighted by atomic mass is 9.96. The second-order valence-electron chi connectivity index (χ2n) is 6.40. The number of piperidine rings is 1. The van der Waals surface area contributed by atoms with Gasteiger partial charge in [-0.25, -0.2) is 4.98 Å². The molecule has 0 amide bonds. The second kappa shape index (κ2) is 11.8. The molecule has 6 nitrogen and oxygen atoms in total. The number of fused-ring (bicyclic) bond motifs is 1. The van der Waals surface area contributed by atoms with Crippen LogP contribution in [-0.4, -0.2) is 47.4 Å². The molecule has 0 spiro atoms. The number of carbonyl (C=O) groups excluding carboxylic acids is 1. The van der Waals surface area contributed by atoms with Crippen molar-refractivity contribution in [1.82, 2.24) is 14.9 Å². The summed E-state index contributed by atoms with van der Waals surface area (Å²) in [5.74, 6) is -0.00287. The van der Waals surface area contributed by atoms with E-state index < -0.39 is 0 Å². The maximum Gasteiger partial charge on any atom is 0.261 e. The molecule has 2 atom stereocenters. The van der Waals surface area contributed by atoms with E-state index in [9.17, 15) is 9.59 Å². The Balaban J connectivity index is 0.00000196. The van der Waals surface area contributed by atoms with Crippen LogP contribution < -0.4 is 10.9 Å². The fraction of sp³-hybridized carbons (Fsp3) is 0.500. The first-order chi connectivity index (χ1) is 12.5. The van der Waals surface area contributed by atoms with Crippen LogP contribution in [0.15, 0.2) is 32.6 Å². The van der Waals surface area contributed by atoms with Crippen LogP contribution in [-0.2, 0) is 16.1 Å². The summed E-state index contributed by atoms with van der Waals surface area (Å²) in [6.45, 7) is 0.919. The van der Waals surface area contributed by atoms with E-state index in [0.717, 1.165) is 28.8 Å². The highest BCUT2D eigenvalue weighted by molar-refractivity contribution is 9.10. The molecule has 28 heavy (non-hydrogen) atoms. The third-order valence-electron chi connectivity index (χ3n) is 4.72. The zero-order chi connectivity index (χ0) is 18.7. The van der Waals surface area contributed by atoms with Gasteiger partial charge in [0.05, 0.1) is 29.9 Å². The van der Waals surface area contributed by atoms with Crippen molar-refractivity contribution >= 4 is 78.3 Å². The Morgan fingerprint density at radius 1 is 1.43 bits per heavy atom. The number of hydrogen-bond donors (Lipinski definition) is 1. The van der Waals surface area contributed by atoms with Crippen LogP contribution in [0.1, 0.15) is 19.3 Å². The maximum atomic E-state index is 12.8. The molecule has 1 saturated heterocycles. The normalized spacial score (nSPS) is 19.0. The van der Waals surface area contributed by atoms with E-state index in [2.05, 4.69) is 26.2 Å². The number of carbonyl (C=O) groups is 1. The van der Waals surface area contributed by atoms with Gasteiger partial charge in [0, 0.05) is 28.9 Å². The number of thioether (sulfide) groups is 1. The van der Waals surface area contributed by atoms with Gasteiger partial charge >= 0.3 is 0 Å². The monoisotopic (exact) mass is 599 g/mol. The van der Waals surface area contributed by atoms with E-state index in [1.54, 1.807) is 18.9 Å². The second-order valence-corrected chi connectivity index (χ2v) is 8.10. The standard InChI is InChI=1S/C18H22BrN3O3S.2BrH/c1-25-16-4-3-5-20-15(16)6-11(23)9-22-10-21-14-8-13(19)17(26-2)7-12(14)18(22)24;;/h7-8,10,15-16,20H,3-6,9H2,1-2H3;2*1H/t15-,16+;;/m1../s1. The molecule has 0 radical (unpaired) electrons. The zero-order valence-corrected chi connectivity index (χ0v) is 21.5. The van der Waals surface area contributed by atoms with Crippen LogP contribution in [0.5, 0.6) is 0 Å². The van der Waals surface area contributed by atoms with Crippen LogP contribution >= 0.6 is 61.7 Å². The van der Waals surface area contributed by atoms with Gasteiger partial charge in [-0.3, -0.25) is 14.2 Å². The van der Waals surface area contributed by atoms with Crippen molar-refractivity contribution in [3.63, 3.8) is 0 Å². The number of benzene rings is 1. The van der Waals surface area contributed by atoms with Gasteiger partial charge in [-0.2, -0.15) is 0 Å². The molecule has 0 saturated carbocycles. The third-order valence-corrected chi connectivity index (χ3v) is 6.41. The molecule has 2 aromatic rings. The van der Waals surface area contributed by atoms with Crippen LogP contribution in [0.25, 0.3) is 10.9 Å². The lowest BCUT2D eigenvalue weighted by Gasteiger charge is -2.31. The number of ether oxygens (including phenoxy) is 1. The topological polar surface area (TPSA) is 73.2 Å². The zero-order valence-electron chi connectivity index (χ0n) is 15.6. The fourth-order valence-electron chi connectivity index (χ4n) is 3.34. The number of methoxy groups -OCH3 is 1. The predicted octanol–water partition coefficient (Wildman–Crippen LogP) is 3.76. The van der Waals surface area contributed by atoms with Crippen molar-refractivity contribution in [2.75, 3.05) is 19.9 Å². The lowest BCUT2D eigenvalue weighted by Crippen LogP contribution is -2.47. The molecular formula is C18H24Br3N3O3S. The SMILES string of the molecule is Br.Br.CO[C@H]1CCCN[C@@H]1CC(=O)Cn1cnc2cc(Br)c(SC)cc2c1=O. The molecule has 156 valence electrons. The van der Waals surface area contributed by atoms with E-state index in [1.165, 1.54) is 10.9 Å². The lowest BCUT2D eigenvalue weighted by molar-refractivity contribution is -0.121. The Morgan fingerprint density at radius 3 is 2.86 bits per heavy atom. The third kappa shape index (κ3) is 5.89. The number of nitrogens with zero attached hydrogens (tertiary/aromatic N) is 2. The molecule has 3 rings (SSSR count). The summed E-state index contributed by atoms with van der Waals surface area (Å²) in [5.41, 5.74) is 0.433. The van der Waals surface area contributed by atoms with E-state index >= 15 is 0 Å². The number of halogens is 3. The van der Waals surface area contributed by atoms with Crippen molar-refractivity contribution in [1.29, 1.82) is 0 Å². The van der Waals surface area contributed by atoms with Crippen LogP contribution in [0.4, 0.5) is 0 Å². The first kappa shape index (κ1) is 25.8. The Hall–Kier alpha value is -0.260. The number of Topliss-reactive ketones (excluding diaryl/α,β-unsaturated/α-hetero) is 1. The van der Waals surface area contributed by atoms with Gasteiger partial charge < -0.3 is 10.1 Å². The van der Waals surface area contributed by atoms with E-state index in [0.29, 0.717) is 17.3 Å². The van der Waals surface area contributed by atoms with Crippen LogP contribution in [0.3, 0.4) is 0 Å². The Bertz CT molecular complexity index is 878. The molecule has 1 aromatic carbocycles. The summed E-state index contributed by atoms with van der Waals surface area (Å²) in [5, 5.41) is 3.87. The summed E-state index contributed by atoms with van der Waals surface area (Å²) in [7, 11) is 1.67. The minimum Gasteiger partial charge on any atom is -0.380 e. The maximum absolute atomic E-state index is 12.8.